The zero-order valence-electron chi connectivity index (χ0n) is 13.3. The molecule has 0 amide bonds. The number of fused-ring (bicyclic) bond motifs is 1. The van der Waals surface area contributed by atoms with E-state index in [9.17, 15) is 15.2 Å². The average molecular weight is 349 g/mol. The molecule has 5 nitrogen and oxygen atoms in total. The van der Waals surface area contributed by atoms with E-state index >= 15 is 0 Å². The molecular weight excluding hydrogens is 334 g/mol. The Bertz CT molecular complexity index is 1010. The summed E-state index contributed by atoms with van der Waals surface area (Å²) in [7, 11) is 0. The van der Waals surface area contributed by atoms with Crippen LogP contribution in [-0.2, 0) is 4.79 Å². The smallest absolute Gasteiger partial charge is 0.320 e. The van der Waals surface area contributed by atoms with Gasteiger partial charge in [-0.15, -0.1) is 11.8 Å². The van der Waals surface area contributed by atoms with E-state index < -0.39 is 10.7 Å². The number of nitriles is 1. The van der Waals surface area contributed by atoms with Crippen LogP contribution in [0.2, 0.25) is 0 Å². The molecule has 0 aliphatic heterocycles. The molecule has 0 saturated heterocycles. The van der Waals surface area contributed by atoms with Crippen molar-refractivity contribution in [2.45, 2.75) is 28.9 Å². The maximum absolute atomic E-state index is 11.7. The van der Waals surface area contributed by atoms with Gasteiger partial charge in [-0.1, -0.05) is 0 Å². The second kappa shape index (κ2) is 5.94. The highest BCUT2D eigenvalue weighted by Gasteiger charge is 2.45. The van der Waals surface area contributed by atoms with Gasteiger partial charge in [0.15, 0.2) is 0 Å². The molecule has 4 rings (SSSR count). The average Bonchev–Trinajstić information content (AvgIpc) is 3.07. The highest BCUT2D eigenvalue weighted by atomic mass is 32.2. The summed E-state index contributed by atoms with van der Waals surface area (Å²) in [4.78, 5) is 16.9. The zero-order chi connectivity index (χ0) is 17.4. The van der Waals surface area contributed by atoms with Crippen LogP contribution in [0.4, 0.5) is 0 Å². The van der Waals surface area contributed by atoms with Crippen molar-refractivity contribution >= 4 is 23.2 Å². The molecule has 1 aliphatic rings. The first-order valence-corrected chi connectivity index (χ1v) is 8.83. The summed E-state index contributed by atoms with van der Waals surface area (Å²) < 4.78 is 1.11. The number of aliphatic carboxylic acids is 1. The summed E-state index contributed by atoms with van der Waals surface area (Å²) in [5.41, 5.74) is 3.31. The molecule has 0 unspecified atom stereocenters. The van der Waals surface area contributed by atoms with Gasteiger partial charge in [-0.3, -0.25) is 9.78 Å². The van der Waals surface area contributed by atoms with Crippen LogP contribution in [0.15, 0.2) is 53.8 Å². The SMILES string of the molecule is N#Cc1ccc(-c2cnccc2SC2(C(=O)O)CCC2)c2cccn12. The monoisotopic (exact) mass is 349 g/mol. The quantitative estimate of drug-likeness (QED) is 0.771. The molecule has 0 radical (unpaired) electrons. The maximum Gasteiger partial charge on any atom is 0.320 e. The van der Waals surface area contributed by atoms with E-state index in [4.69, 9.17) is 0 Å². The van der Waals surface area contributed by atoms with Gasteiger partial charge in [0.05, 0.1) is 5.52 Å². The Hall–Kier alpha value is -2.78. The Morgan fingerprint density at radius 3 is 2.80 bits per heavy atom. The van der Waals surface area contributed by atoms with E-state index in [-0.39, 0.29) is 0 Å². The minimum Gasteiger partial charge on any atom is -0.480 e. The van der Waals surface area contributed by atoms with E-state index in [0.29, 0.717) is 18.5 Å². The van der Waals surface area contributed by atoms with Gasteiger partial charge >= 0.3 is 5.97 Å². The highest BCUT2D eigenvalue weighted by molar-refractivity contribution is 8.01. The standard InChI is InChI=1S/C19H15N3O2S/c20-11-13-4-5-14(16-3-1-10-22(13)16)15-12-21-9-6-17(15)25-19(18(23)24)7-2-8-19/h1,3-6,9-10,12H,2,7-8H2,(H,23,24). The fourth-order valence-corrected chi connectivity index (χ4v) is 4.60. The number of hydrogen-bond acceptors (Lipinski definition) is 4. The van der Waals surface area contributed by atoms with Crippen LogP contribution in [-0.4, -0.2) is 25.2 Å². The topological polar surface area (TPSA) is 78.4 Å². The lowest BCUT2D eigenvalue weighted by molar-refractivity contribution is -0.142. The van der Waals surface area contributed by atoms with Gasteiger partial charge in [0, 0.05) is 34.6 Å². The molecule has 3 aromatic heterocycles. The van der Waals surface area contributed by atoms with Crippen LogP contribution >= 0.6 is 11.8 Å². The molecule has 6 heteroatoms. The molecule has 124 valence electrons. The molecule has 25 heavy (non-hydrogen) atoms. The second-order valence-electron chi connectivity index (χ2n) is 6.13. The van der Waals surface area contributed by atoms with Gasteiger partial charge in [-0.25, -0.2) is 0 Å². The van der Waals surface area contributed by atoms with Crippen molar-refractivity contribution in [3.63, 3.8) is 0 Å². The fraction of sp³-hybridized carbons (Fsp3) is 0.211. The lowest BCUT2D eigenvalue weighted by Gasteiger charge is -2.37. The minimum absolute atomic E-state index is 0.558. The molecular formula is C19H15N3O2S. The number of hydrogen-bond donors (Lipinski definition) is 1. The van der Waals surface area contributed by atoms with E-state index in [1.54, 1.807) is 18.5 Å². The van der Waals surface area contributed by atoms with Crippen LogP contribution in [0, 0.1) is 11.3 Å². The van der Waals surface area contributed by atoms with Crippen LogP contribution in [0.25, 0.3) is 16.6 Å². The summed E-state index contributed by atoms with van der Waals surface area (Å²) in [6.07, 6.45) is 7.63. The number of rotatable bonds is 4. The van der Waals surface area contributed by atoms with Gasteiger partial charge in [-0.2, -0.15) is 5.26 Å². The van der Waals surface area contributed by atoms with E-state index in [1.807, 2.05) is 34.9 Å². The van der Waals surface area contributed by atoms with Crippen LogP contribution in [0.1, 0.15) is 25.0 Å². The van der Waals surface area contributed by atoms with Gasteiger partial charge in [0.2, 0.25) is 0 Å². The van der Waals surface area contributed by atoms with E-state index in [0.717, 1.165) is 28.0 Å². The van der Waals surface area contributed by atoms with Crippen molar-refractivity contribution in [1.82, 2.24) is 9.38 Å². The third-order valence-corrected chi connectivity index (χ3v) is 6.28. The molecule has 0 atom stereocenters. The Balaban J connectivity index is 1.84. The van der Waals surface area contributed by atoms with Gasteiger partial charge in [-0.05, 0) is 49.6 Å². The second-order valence-corrected chi connectivity index (χ2v) is 7.56. The van der Waals surface area contributed by atoms with Crippen molar-refractivity contribution in [2.24, 2.45) is 0 Å². The van der Waals surface area contributed by atoms with Crippen molar-refractivity contribution in [1.29, 1.82) is 5.26 Å². The van der Waals surface area contributed by atoms with Crippen LogP contribution < -0.4 is 0 Å². The van der Waals surface area contributed by atoms with E-state index in [2.05, 4.69) is 11.1 Å². The summed E-state index contributed by atoms with van der Waals surface area (Å²) in [5, 5.41) is 18.9. The largest absolute Gasteiger partial charge is 0.480 e. The summed E-state index contributed by atoms with van der Waals surface area (Å²) in [5.74, 6) is -0.751. The molecule has 1 aliphatic carbocycles. The van der Waals surface area contributed by atoms with E-state index in [1.165, 1.54) is 11.8 Å². The van der Waals surface area contributed by atoms with Crippen molar-refractivity contribution in [3.8, 4) is 17.2 Å². The number of thioether (sulfide) groups is 1. The summed E-state index contributed by atoms with van der Waals surface area (Å²) in [6.45, 7) is 0. The number of aromatic nitrogens is 2. The first-order valence-electron chi connectivity index (χ1n) is 8.02. The number of carbonyl (C=O) groups is 1. The molecule has 0 spiro atoms. The number of carboxylic acids is 1. The summed E-state index contributed by atoms with van der Waals surface area (Å²) in [6, 6.07) is 11.6. The lowest BCUT2D eigenvalue weighted by Crippen LogP contribution is -2.41. The Kier molecular flexibility index (Phi) is 3.74. The number of carboxylic acid groups (broad SMARTS) is 1. The highest BCUT2D eigenvalue weighted by Crippen LogP contribution is 2.50. The third-order valence-electron chi connectivity index (χ3n) is 4.73. The molecule has 0 aromatic carbocycles. The first-order chi connectivity index (χ1) is 12.1. The number of pyridine rings is 2. The molecule has 1 N–H and O–H groups in total. The van der Waals surface area contributed by atoms with Crippen molar-refractivity contribution in [2.75, 3.05) is 0 Å². The minimum atomic E-state index is -0.751. The lowest BCUT2D eigenvalue weighted by atomic mass is 9.84. The van der Waals surface area contributed by atoms with Crippen molar-refractivity contribution < 1.29 is 9.90 Å². The Labute approximate surface area is 148 Å². The van der Waals surface area contributed by atoms with Gasteiger partial charge in [0.1, 0.15) is 16.5 Å². The summed E-state index contributed by atoms with van der Waals surface area (Å²) >= 11 is 1.41. The first kappa shape index (κ1) is 15.7. The predicted molar refractivity (Wildman–Crippen MR) is 95.4 cm³/mol. The van der Waals surface area contributed by atoms with Gasteiger partial charge in [0.25, 0.3) is 0 Å². The molecule has 3 aromatic rings. The van der Waals surface area contributed by atoms with Crippen LogP contribution in [0.3, 0.4) is 0 Å². The molecule has 0 bridgehead atoms. The maximum atomic E-state index is 11.7. The molecule has 1 fully saturated rings. The normalized spacial score (nSPS) is 15.5. The Morgan fingerprint density at radius 1 is 1.28 bits per heavy atom. The Morgan fingerprint density at radius 2 is 2.12 bits per heavy atom. The number of nitrogens with zero attached hydrogens (tertiary/aromatic N) is 3. The van der Waals surface area contributed by atoms with Crippen molar-refractivity contribution in [3.05, 3.63) is 54.6 Å². The fourth-order valence-electron chi connectivity index (χ4n) is 3.20. The third kappa shape index (κ3) is 2.48. The molecule has 3 heterocycles. The van der Waals surface area contributed by atoms with Crippen LogP contribution in [0.5, 0.6) is 0 Å². The molecule has 1 saturated carbocycles. The predicted octanol–water partition coefficient (Wildman–Crippen LogP) is 3.97. The zero-order valence-corrected chi connectivity index (χ0v) is 14.2. The van der Waals surface area contributed by atoms with Gasteiger partial charge < -0.3 is 9.51 Å².